The van der Waals surface area contributed by atoms with Gasteiger partial charge in [0.15, 0.2) is 0 Å². The van der Waals surface area contributed by atoms with Crippen molar-refractivity contribution in [1.82, 2.24) is 5.16 Å². The van der Waals surface area contributed by atoms with Crippen molar-refractivity contribution in [3.05, 3.63) is 40.8 Å². The third-order valence-corrected chi connectivity index (χ3v) is 3.65. The Morgan fingerprint density at radius 2 is 2.20 bits per heavy atom. The van der Waals surface area contributed by atoms with E-state index in [0.29, 0.717) is 13.0 Å². The average molecular weight is 271 g/mol. The second kappa shape index (κ2) is 5.00. The van der Waals surface area contributed by atoms with Crippen molar-refractivity contribution >= 4 is 17.3 Å². The molecule has 0 saturated heterocycles. The van der Waals surface area contributed by atoms with Crippen LogP contribution in [0.25, 0.3) is 0 Å². The maximum Gasteiger partial charge on any atom is 0.224 e. The standard InChI is InChI=1S/C15H17N3O2/c1-9-13(10(2)20-18-9)8-16-12-4-5-14-11(7-12)3-6-15(19)17-14/h4-5,7,16H,3,6,8H2,1-2H3,(H,17,19). The molecule has 0 fully saturated rings. The molecule has 5 heteroatoms. The van der Waals surface area contributed by atoms with Gasteiger partial charge in [-0.05, 0) is 44.0 Å². The Balaban J connectivity index is 1.74. The van der Waals surface area contributed by atoms with Crippen LogP contribution in [0.2, 0.25) is 0 Å². The van der Waals surface area contributed by atoms with Gasteiger partial charge in [-0.1, -0.05) is 5.16 Å². The molecule has 104 valence electrons. The molecule has 2 heterocycles. The highest BCUT2D eigenvalue weighted by Gasteiger charge is 2.15. The first-order chi connectivity index (χ1) is 9.63. The number of fused-ring (bicyclic) bond motifs is 1. The zero-order valence-electron chi connectivity index (χ0n) is 11.6. The summed E-state index contributed by atoms with van der Waals surface area (Å²) >= 11 is 0. The van der Waals surface area contributed by atoms with Crippen molar-refractivity contribution in [1.29, 1.82) is 0 Å². The van der Waals surface area contributed by atoms with Gasteiger partial charge in [0.25, 0.3) is 0 Å². The van der Waals surface area contributed by atoms with Gasteiger partial charge >= 0.3 is 0 Å². The largest absolute Gasteiger partial charge is 0.381 e. The predicted molar refractivity (Wildman–Crippen MR) is 76.7 cm³/mol. The Labute approximate surface area is 117 Å². The molecule has 2 aromatic rings. The summed E-state index contributed by atoms with van der Waals surface area (Å²) in [6, 6.07) is 6.01. The Kier molecular flexibility index (Phi) is 3.18. The molecule has 1 aliphatic rings. The summed E-state index contributed by atoms with van der Waals surface area (Å²) in [4.78, 5) is 11.3. The monoisotopic (exact) mass is 271 g/mol. The van der Waals surface area contributed by atoms with Crippen molar-refractivity contribution in [3.8, 4) is 0 Å². The highest BCUT2D eigenvalue weighted by molar-refractivity contribution is 5.94. The van der Waals surface area contributed by atoms with Gasteiger partial charge in [0.1, 0.15) is 5.76 Å². The lowest BCUT2D eigenvalue weighted by molar-refractivity contribution is -0.116. The van der Waals surface area contributed by atoms with E-state index in [1.807, 2.05) is 26.0 Å². The molecule has 1 amide bonds. The van der Waals surface area contributed by atoms with Gasteiger partial charge in [0.2, 0.25) is 5.91 Å². The first kappa shape index (κ1) is 12.7. The van der Waals surface area contributed by atoms with Crippen LogP contribution in [-0.4, -0.2) is 11.1 Å². The van der Waals surface area contributed by atoms with E-state index in [2.05, 4.69) is 21.9 Å². The van der Waals surface area contributed by atoms with E-state index >= 15 is 0 Å². The Hall–Kier alpha value is -2.30. The van der Waals surface area contributed by atoms with E-state index in [9.17, 15) is 4.79 Å². The number of hydrogen-bond donors (Lipinski definition) is 2. The number of nitrogens with zero attached hydrogens (tertiary/aromatic N) is 1. The Morgan fingerprint density at radius 1 is 1.35 bits per heavy atom. The number of aryl methyl sites for hydroxylation is 3. The van der Waals surface area contributed by atoms with Crippen LogP contribution in [0.1, 0.15) is 29.0 Å². The second-order valence-electron chi connectivity index (χ2n) is 5.08. The van der Waals surface area contributed by atoms with Crippen LogP contribution in [0, 0.1) is 13.8 Å². The fraction of sp³-hybridized carbons (Fsp3) is 0.333. The molecule has 0 atom stereocenters. The third-order valence-electron chi connectivity index (χ3n) is 3.65. The number of aromatic nitrogens is 1. The van der Waals surface area contributed by atoms with Crippen molar-refractivity contribution in [2.45, 2.75) is 33.2 Å². The number of amides is 1. The molecule has 0 bridgehead atoms. The number of anilines is 2. The fourth-order valence-corrected chi connectivity index (χ4v) is 2.44. The first-order valence-electron chi connectivity index (χ1n) is 6.72. The molecule has 0 aliphatic carbocycles. The summed E-state index contributed by atoms with van der Waals surface area (Å²) in [6.07, 6.45) is 1.35. The van der Waals surface area contributed by atoms with Crippen LogP contribution in [-0.2, 0) is 17.8 Å². The van der Waals surface area contributed by atoms with Gasteiger partial charge in [-0.25, -0.2) is 0 Å². The minimum absolute atomic E-state index is 0.0916. The van der Waals surface area contributed by atoms with Crippen LogP contribution in [0.3, 0.4) is 0 Å². The quantitative estimate of drug-likeness (QED) is 0.900. The van der Waals surface area contributed by atoms with Crippen LogP contribution in [0.15, 0.2) is 22.7 Å². The summed E-state index contributed by atoms with van der Waals surface area (Å²) in [6.45, 7) is 4.54. The molecule has 1 aliphatic heterocycles. The van der Waals surface area contributed by atoms with E-state index in [-0.39, 0.29) is 5.91 Å². The number of carbonyl (C=O) groups is 1. The lowest BCUT2D eigenvalue weighted by atomic mass is 10.0. The lowest BCUT2D eigenvalue weighted by Gasteiger charge is -2.18. The predicted octanol–water partition coefficient (Wildman–Crippen LogP) is 2.79. The van der Waals surface area contributed by atoms with Crippen molar-refractivity contribution in [2.24, 2.45) is 0 Å². The van der Waals surface area contributed by atoms with Gasteiger partial charge in [0, 0.05) is 29.9 Å². The molecule has 2 N–H and O–H groups in total. The van der Waals surface area contributed by atoms with Crippen LogP contribution < -0.4 is 10.6 Å². The molecule has 3 rings (SSSR count). The first-order valence-corrected chi connectivity index (χ1v) is 6.72. The van der Waals surface area contributed by atoms with Gasteiger partial charge < -0.3 is 15.2 Å². The highest BCUT2D eigenvalue weighted by Crippen LogP contribution is 2.26. The van der Waals surface area contributed by atoms with Gasteiger partial charge in [-0.15, -0.1) is 0 Å². The third kappa shape index (κ3) is 2.39. The normalized spacial score (nSPS) is 13.8. The average Bonchev–Trinajstić information content (AvgIpc) is 2.76. The number of benzene rings is 1. The Morgan fingerprint density at radius 3 is 2.95 bits per heavy atom. The highest BCUT2D eigenvalue weighted by atomic mass is 16.5. The summed E-state index contributed by atoms with van der Waals surface area (Å²) < 4.78 is 5.15. The molecule has 0 radical (unpaired) electrons. The molecule has 0 saturated carbocycles. The fourth-order valence-electron chi connectivity index (χ4n) is 2.44. The van der Waals surface area contributed by atoms with Gasteiger partial charge in [-0.2, -0.15) is 0 Å². The van der Waals surface area contributed by atoms with Gasteiger partial charge in [0.05, 0.1) is 5.69 Å². The molecule has 1 aromatic heterocycles. The zero-order chi connectivity index (χ0) is 14.1. The molecular formula is C15H17N3O2. The second-order valence-corrected chi connectivity index (χ2v) is 5.08. The summed E-state index contributed by atoms with van der Waals surface area (Å²) in [5.41, 5.74) is 5.15. The summed E-state index contributed by atoms with van der Waals surface area (Å²) in [5, 5.41) is 10.2. The maximum atomic E-state index is 11.3. The molecule has 0 spiro atoms. The minimum atomic E-state index is 0.0916. The molecule has 5 nitrogen and oxygen atoms in total. The van der Waals surface area contributed by atoms with Crippen molar-refractivity contribution in [3.63, 3.8) is 0 Å². The van der Waals surface area contributed by atoms with Crippen LogP contribution >= 0.6 is 0 Å². The van der Waals surface area contributed by atoms with E-state index < -0.39 is 0 Å². The smallest absolute Gasteiger partial charge is 0.224 e. The number of carbonyl (C=O) groups excluding carboxylic acids is 1. The summed E-state index contributed by atoms with van der Waals surface area (Å²) in [7, 11) is 0. The molecular weight excluding hydrogens is 254 g/mol. The SMILES string of the molecule is Cc1noc(C)c1CNc1ccc2c(c1)CCC(=O)N2. The number of hydrogen-bond acceptors (Lipinski definition) is 4. The van der Waals surface area contributed by atoms with E-state index in [1.54, 1.807) is 0 Å². The van der Waals surface area contributed by atoms with Crippen molar-refractivity contribution < 1.29 is 9.32 Å². The molecule has 20 heavy (non-hydrogen) atoms. The summed E-state index contributed by atoms with van der Waals surface area (Å²) in [5.74, 6) is 0.939. The van der Waals surface area contributed by atoms with Crippen LogP contribution in [0.5, 0.6) is 0 Å². The van der Waals surface area contributed by atoms with E-state index in [4.69, 9.17) is 4.52 Å². The number of nitrogens with one attached hydrogen (secondary N) is 2. The molecule has 1 aromatic carbocycles. The van der Waals surface area contributed by atoms with E-state index in [0.717, 1.165) is 34.8 Å². The Bertz CT molecular complexity index is 642. The van der Waals surface area contributed by atoms with E-state index in [1.165, 1.54) is 5.56 Å². The number of rotatable bonds is 3. The van der Waals surface area contributed by atoms with Crippen LogP contribution in [0.4, 0.5) is 11.4 Å². The zero-order valence-corrected chi connectivity index (χ0v) is 11.6. The topological polar surface area (TPSA) is 67.2 Å². The molecule has 0 unspecified atom stereocenters. The minimum Gasteiger partial charge on any atom is -0.381 e. The van der Waals surface area contributed by atoms with Crippen molar-refractivity contribution in [2.75, 3.05) is 10.6 Å². The lowest BCUT2D eigenvalue weighted by Crippen LogP contribution is -2.19. The van der Waals surface area contributed by atoms with Gasteiger partial charge in [-0.3, -0.25) is 4.79 Å². The maximum absolute atomic E-state index is 11.3.